The van der Waals surface area contributed by atoms with Gasteiger partial charge in [-0.25, -0.2) is 19.2 Å². The zero-order valence-electron chi connectivity index (χ0n) is 71.1. The van der Waals surface area contributed by atoms with Crippen molar-refractivity contribution in [1.29, 1.82) is 0 Å². The van der Waals surface area contributed by atoms with Crippen molar-refractivity contribution in [2.45, 2.75) is 148 Å². The zero-order valence-corrected chi connectivity index (χ0v) is 81.5. The number of fused-ring (bicyclic) bond motifs is 8. The summed E-state index contributed by atoms with van der Waals surface area (Å²) in [6, 6.07) is 96.9. The van der Waals surface area contributed by atoms with Gasteiger partial charge in [-0.3, -0.25) is 19.2 Å². The molecule has 128 heavy (non-hydrogen) atoms. The van der Waals surface area contributed by atoms with E-state index in [1.54, 1.807) is 116 Å². The minimum absolute atomic E-state index is 0.00211. The molecule has 0 atom stereocenters. The molecule has 1 N–H and O–H groups in total. The van der Waals surface area contributed by atoms with Gasteiger partial charge in [-0.05, 0) is 237 Å². The monoisotopic (exact) mass is 2070 g/mol. The van der Waals surface area contributed by atoms with E-state index in [2.05, 4.69) is 202 Å². The number of anilines is 2. The van der Waals surface area contributed by atoms with E-state index in [1.165, 1.54) is 50.3 Å². The van der Waals surface area contributed by atoms with Gasteiger partial charge in [-0.1, -0.05) is 185 Å². The summed E-state index contributed by atoms with van der Waals surface area (Å²) in [6.45, 7) is 13.7. The summed E-state index contributed by atoms with van der Waals surface area (Å²) in [7, 11) is -1.06. The van der Waals surface area contributed by atoms with Crippen molar-refractivity contribution < 1.29 is 81.0 Å². The van der Waals surface area contributed by atoms with Crippen LogP contribution in [0.5, 0.6) is 11.5 Å². The molecule has 4 aliphatic heterocycles. The fourth-order valence-electron chi connectivity index (χ4n) is 13.1. The number of carbonyl (C=O) groups is 8. The van der Waals surface area contributed by atoms with Crippen LogP contribution in [0.25, 0.3) is 0 Å². The maximum atomic E-state index is 12.4. The van der Waals surface area contributed by atoms with Crippen molar-refractivity contribution in [1.82, 2.24) is 0 Å². The molecule has 0 fully saturated rings. The number of esters is 8. The van der Waals surface area contributed by atoms with Gasteiger partial charge >= 0.3 is 47.8 Å². The van der Waals surface area contributed by atoms with Crippen LogP contribution in [0.3, 0.4) is 0 Å². The Morgan fingerprint density at radius 2 is 0.508 bits per heavy atom. The van der Waals surface area contributed by atoms with Gasteiger partial charge in [-0.2, -0.15) is 0 Å². The van der Waals surface area contributed by atoms with E-state index >= 15 is 0 Å². The number of halogens is 4. The second kappa shape index (κ2) is 43.4. The van der Waals surface area contributed by atoms with Crippen LogP contribution in [0.15, 0.2) is 360 Å². The second-order valence-electron chi connectivity index (χ2n) is 30.8. The molecule has 12 aromatic carbocycles. The summed E-state index contributed by atoms with van der Waals surface area (Å²) >= 11 is 14.7. The molecule has 0 aliphatic carbocycles. The first-order chi connectivity index (χ1) is 61.4. The number of ether oxygens (including phenoxy) is 9. The number of nitrogens with one attached hydrogen (secondary N) is 1. The molecular weight excluding hydrogens is 1980 g/mol. The smallest absolute Gasteiger partial charge is 0.338 e. The van der Waals surface area contributed by atoms with E-state index in [1.807, 2.05) is 109 Å². The molecular formula is C101H91Br4NO17S5+4. The topological polar surface area (TPSA) is 232 Å². The van der Waals surface area contributed by atoms with Crippen molar-refractivity contribution in [2.75, 3.05) is 58.2 Å². The largest absolute Gasteiger partial charge is 0.461 e. The zero-order chi connectivity index (χ0) is 90.9. The summed E-state index contributed by atoms with van der Waals surface area (Å²) in [6.07, 6.45) is 0.942. The maximum Gasteiger partial charge on any atom is 0.338 e. The lowest BCUT2D eigenvalue weighted by atomic mass is 10.0. The normalized spacial score (nSPS) is 13.0. The van der Waals surface area contributed by atoms with Crippen LogP contribution in [0.2, 0.25) is 0 Å². The molecule has 12 aromatic rings. The highest BCUT2D eigenvalue weighted by atomic mass is 79.9. The van der Waals surface area contributed by atoms with E-state index in [-0.39, 0.29) is 96.4 Å². The Labute approximate surface area is 793 Å². The maximum absolute atomic E-state index is 12.4. The number of hydrogen-bond donors (Lipinski definition) is 1. The third kappa shape index (κ3) is 24.4. The third-order valence-electron chi connectivity index (χ3n) is 19.4. The van der Waals surface area contributed by atoms with Gasteiger partial charge in [0.1, 0.15) is 103 Å². The summed E-state index contributed by atoms with van der Waals surface area (Å²) in [4.78, 5) is 113. The molecule has 0 saturated carbocycles. The molecule has 0 unspecified atom stereocenters. The average Bonchev–Trinajstić information content (AvgIpc) is 0.776. The minimum Gasteiger partial charge on any atom is -0.461 e. The van der Waals surface area contributed by atoms with Crippen LogP contribution in [0.4, 0.5) is 11.4 Å². The lowest BCUT2D eigenvalue weighted by molar-refractivity contribution is -0.147. The summed E-state index contributed by atoms with van der Waals surface area (Å²) in [5.74, 6) is -1.68. The SMILES string of the molecule is CC(C)(Br)C(=O)OCCOC(=O)c1ccc([S+]2c3ccccc3Cc3ccccc32)cc1.CC(C)(Br)C(=O)OCCOC(=O)c1ccc([S+]2c3ccccc3Nc3ccccc32)cc1.CC(C)(Br)C(=O)OCCOC(=O)c1ccc([S+]2c3ccccc3Oc3ccccc32)cc1.CC(C)(Br)C(=O)OCCOC(=O)c1ccc([S+]2c3ccccc3Sc3ccccc32)cc1. The lowest BCUT2D eigenvalue weighted by Crippen LogP contribution is -2.28. The molecule has 0 bridgehead atoms. The fourth-order valence-corrected chi connectivity index (χ4v) is 24.1. The Balaban J connectivity index is 0.000000146. The predicted molar refractivity (Wildman–Crippen MR) is 513 cm³/mol. The highest BCUT2D eigenvalue weighted by Gasteiger charge is 2.43. The van der Waals surface area contributed by atoms with Gasteiger partial charge in [0.05, 0.1) is 54.3 Å². The fraction of sp³-hybridized carbons (Fsp3) is 0.208. The highest BCUT2D eigenvalue weighted by molar-refractivity contribution is 9.10. The quantitative estimate of drug-likeness (QED) is 0.0195. The van der Waals surface area contributed by atoms with Crippen molar-refractivity contribution in [3.8, 4) is 11.5 Å². The van der Waals surface area contributed by atoms with E-state index in [4.69, 9.17) is 42.6 Å². The Kier molecular flexibility index (Phi) is 32.3. The van der Waals surface area contributed by atoms with E-state index in [0.29, 0.717) is 22.3 Å². The van der Waals surface area contributed by atoms with E-state index < -0.39 is 65.1 Å². The van der Waals surface area contributed by atoms with E-state index in [9.17, 15) is 38.4 Å². The van der Waals surface area contributed by atoms with Crippen LogP contribution in [0.1, 0.15) is 108 Å². The standard InChI is InChI=1S/C26H24BrO4S.C25H23BrNO4S.C25H22BrO5S.C25H22BrO4S2/c1-26(2,27)25(29)31-16-15-30-24(28)18-11-13-21(14-12-18)32-22-9-5-3-7-19(22)17-20-8-4-6-10-23(20)32;1-25(2,26)24(29)31-16-15-30-23(28)17-11-13-18(14-12-17)32-21-9-5-3-7-19(21)27-20-8-4-6-10-22(20)32;2*1-25(2,26)24(28)30-16-15-29-23(27)17-11-13-18(14-12-17)32-21-9-5-3-7-19(21)31-20-8-4-6-10-22(20)32/h3-14H,15-17H2,1-2H3;3-14,27H,15-16H2,1-2H3;2*3-14H,15-16H2,1-2H3/q4*+1. The van der Waals surface area contributed by atoms with Crippen molar-refractivity contribution in [3.05, 3.63) is 325 Å². The molecule has 0 aromatic heterocycles. The Hall–Kier alpha value is -10.3. The Morgan fingerprint density at radius 1 is 0.281 bits per heavy atom. The molecule has 0 amide bonds. The van der Waals surface area contributed by atoms with Crippen LogP contribution in [0, 0.1) is 0 Å². The van der Waals surface area contributed by atoms with Crippen LogP contribution >= 0.6 is 75.5 Å². The molecule has 4 aliphatic rings. The van der Waals surface area contributed by atoms with Crippen molar-refractivity contribution in [2.24, 2.45) is 0 Å². The number of rotatable bonds is 24. The summed E-state index contributed by atoms with van der Waals surface area (Å²) in [5, 5.41) is 3.51. The molecule has 0 radical (unpaired) electrons. The van der Waals surface area contributed by atoms with Crippen molar-refractivity contribution in [3.63, 3.8) is 0 Å². The lowest BCUT2D eigenvalue weighted by Gasteiger charge is -2.20. The molecule has 16 rings (SSSR count). The summed E-state index contributed by atoms with van der Waals surface area (Å²) in [5.41, 5.74) is 6.73. The predicted octanol–water partition coefficient (Wildman–Crippen LogP) is 23.2. The first kappa shape index (κ1) is 95.3. The van der Waals surface area contributed by atoms with Gasteiger partial charge in [-0.15, -0.1) is 0 Å². The first-order valence-corrected chi connectivity index (χ1v) is 49.6. The molecule has 4 heterocycles. The minimum atomic E-state index is -0.769. The van der Waals surface area contributed by atoms with Gasteiger partial charge < -0.3 is 47.9 Å². The van der Waals surface area contributed by atoms with Crippen molar-refractivity contribution >= 4 is 178 Å². The van der Waals surface area contributed by atoms with Crippen LogP contribution < -0.4 is 10.1 Å². The van der Waals surface area contributed by atoms with Gasteiger partial charge in [0.15, 0.2) is 60.5 Å². The average molecular weight is 2070 g/mol. The highest BCUT2D eigenvalue weighted by Crippen LogP contribution is 2.51. The Bertz CT molecular complexity index is 5100. The molecule has 18 nitrogen and oxygen atoms in total. The molecule has 656 valence electrons. The number of para-hydroxylation sites is 4. The van der Waals surface area contributed by atoms with Crippen LogP contribution in [-0.2, 0) is 107 Å². The molecule has 27 heteroatoms. The number of alkyl halides is 4. The van der Waals surface area contributed by atoms with E-state index in [0.717, 1.165) is 58.7 Å². The third-order valence-corrected chi connectivity index (χ3v) is 31.5. The molecule has 0 spiro atoms. The van der Waals surface area contributed by atoms with Gasteiger partial charge in [0.25, 0.3) is 0 Å². The number of hydrogen-bond acceptors (Lipinski definition) is 19. The first-order valence-electron chi connectivity index (χ1n) is 40.7. The van der Waals surface area contributed by atoms with Gasteiger partial charge in [0, 0.05) is 17.5 Å². The van der Waals surface area contributed by atoms with Gasteiger partial charge in [0.2, 0.25) is 9.79 Å². The Morgan fingerprint density at radius 3 is 0.812 bits per heavy atom. The summed E-state index contributed by atoms with van der Waals surface area (Å²) < 4.78 is 44.4. The number of benzene rings is 12. The van der Waals surface area contributed by atoms with Crippen LogP contribution in [-0.4, -0.2) is 118 Å². The second-order valence-corrected chi connectivity index (χ2v) is 47.7. The number of carbonyl (C=O) groups excluding carboxylic acids is 8. The molecule has 0 saturated heterocycles.